The Labute approximate surface area is 287 Å². The lowest BCUT2D eigenvalue weighted by Gasteiger charge is -2.30. The summed E-state index contributed by atoms with van der Waals surface area (Å²) >= 11 is 0. The molecule has 1 aliphatic carbocycles. The topological polar surface area (TPSA) is 102 Å². The van der Waals surface area contributed by atoms with Gasteiger partial charge in [0.2, 0.25) is 0 Å². The lowest BCUT2D eigenvalue weighted by Crippen LogP contribution is -2.40. The van der Waals surface area contributed by atoms with E-state index in [1.165, 1.54) is 11.1 Å². The molecule has 1 unspecified atom stereocenters. The monoisotopic (exact) mass is 653 g/mol. The standard InChI is InChI=1S/C42H43N3O4/c1-26-6-5-9-34-21-39(47)31-12-14-35-29(19-31)13-15-38(46)41(35)49-24-33-18-28(16-27-7-3-2-4-8-27)17-32-22-45(23-36(32)33)42-37(25-48-34)30(11-10-26)20-40(43)44-42/h2-4,7-8,12-15,17-18,20,22-23,26,31,34,39-40,44,46-47H,5-6,9,16,19,21,24-25,43H2,1H3/t26-,31+,34-,39-,40?/m0/s1. The molecule has 5 aliphatic rings. The van der Waals surface area contributed by atoms with Crippen molar-refractivity contribution in [2.75, 3.05) is 6.61 Å². The molecule has 9 rings (SSSR count). The highest BCUT2D eigenvalue weighted by atomic mass is 16.5. The maximum Gasteiger partial charge on any atom is 0.168 e. The van der Waals surface area contributed by atoms with Crippen molar-refractivity contribution in [2.45, 2.75) is 70.4 Å². The third-order valence-electron chi connectivity index (χ3n) is 10.4. The largest absolute Gasteiger partial charge is 0.504 e. The summed E-state index contributed by atoms with van der Waals surface area (Å²) in [5.41, 5.74) is 13.8. The number of dihydropyridines is 1. The number of benzene rings is 3. The first-order chi connectivity index (χ1) is 23.9. The fraction of sp³-hybridized carbons (Fsp3) is 0.333. The van der Waals surface area contributed by atoms with Crippen LogP contribution in [0.15, 0.2) is 90.3 Å². The number of phenolic OH excluding ortho intramolecular Hbond substituents is 1. The van der Waals surface area contributed by atoms with E-state index in [2.05, 4.69) is 83.5 Å². The van der Waals surface area contributed by atoms with E-state index in [1.54, 1.807) is 6.07 Å². The molecular formula is C42H43N3O4. The van der Waals surface area contributed by atoms with Crippen molar-refractivity contribution in [1.29, 1.82) is 0 Å². The molecule has 5 N–H and O–H groups in total. The van der Waals surface area contributed by atoms with Gasteiger partial charge in [0.25, 0.3) is 0 Å². The Kier molecular flexibility index (Phi) is 8.55. The van der Waals surface area contributed by atoms with Crippen LogP contribution in [-0.2, 0) is 24.2 Å². The summed E-state index contributed by atoms with van der Waals surface area (Å²) in [5, 5.41) is 28.2. The summed E-state index contributed by atoms with van der Waals surface area (Å²) in [5.74, 6) is 8.51. The van der Waals surface area contributed by atoms with Crippen molar-refractivity contribution >= 4 is 22.7 Å². The lowest BCUT2D eigenvalue weighted by molar-refractivity contribution is 0.00693. The van der Waals surface area contributed by atoms with Gasteiger partial charge in [-0.2, -0.15) is 0 Å². The molecule has 0 fully saturated rings. The summed E-state index contributed by atoms with van der Waals surface area (Å²) in [6.45, 7) is 2.79. The Hall–Kier alpha value is -4.74. The van der Waals surface area contributed by atoms with E-state index in [1.807, 2.05) is 24.3 Å². The molecule has 7 heteroatoms. The number of aliphatic hydroxyl groups is 1. The number of hydrogen-bond donors (Lipinski definition) is 4. The van der Waals surface area contributed by atoms with Gasteiger partial charge in [0.1, 0.15) is 12.4 Å². The number of phenols is 1. The van der Waals surface area contributed by atoms with Crippen LogP contribution in [0.5, 0.6) is 11.5 Å². The Morgan fingerprint density at radius 3 is 2.78 bits per heavy atom. The van der Waals surface area contributed by atoms with Gasteiger partial charge in [-0.3, -0.25) is 0 Å². The first-order valence-electron chi connectivity index (χ1n) is 17.5. The van der Waals surface area contributed by atoms with Crippen molar-refractivity contribution in [1.82, 2.24) is 9.88 Å². The van der Waals surface area contributed by atoms with Crippen molar-refractivity contribution in [3.8, 4) is 23.3 Å². The highest BCUT2D eigenvalue weighted by Gasteiger charge is 2.29. The molecule has 0 saturated carbocycles. The number of aromatic hydroxyl groups is 1. The predicted octanol–water partition coefficient (Wildman–Crippen LogP) is 6.66. The van der Waals surface area contributed by atoms with Crippen LogP contribution in [0.3, 0.4) is 0 Å². The van der Waals surface area contributed by atoms with Crippen LogP contribution in [-0.4, -0.2) is 39.8 Å². The molecule has 0 amide bonds. The molecule has 49 heavy (non-hydrogen) atoms. The SMILES string of the molecule is C[C@@H]1C#CC2=CC(N)NC3=C2CO[C@@H](CCC1)C[C@H](O)[C@@H]1C=Cc2c(ccc(O)c2OCc2cc(Cc4ccccc4)cc4cn3cc24)C1. The van der Waals surface area contributed by atoms with Gasteiger partial charge in [0.15, 0.2) is 11.5 Å². The summed E-state index contributed by atoms with van der Waals surface area (Å²) in [6.07, 6.45) is 13.9. The third kappa shape index (κ3) is 6.52. The smallest absolute Gasteiger partial charge is 0.168 e. The molecule has 8 bridgehead atoms. The van der Waals surface area contributed by atoms with E-state index in [9.17, 15) is 10.2 Å². The van der Waals surface area contributed by atoms with Gasteiger partial charge < -0.3 is 35.3 Å². The van der Waals surface area contributed by atoms with Crippen LogP contribution in [0.1, 0.15) is 60.4 Å². The van der Waals surface area contributed by atoms with Crippen LogP contribution in [0, 0.1) is 23.7 Å². The Bertz CT molecular complexity index is 2050. The molecule has 0 spiro atoms. The summed E-state index contributed by atoms with van der Waals surface area (Å²) < 4.78 is 15.4. The molecule has 0 radical (unpaired) electrons. The zero-order chi connectivity index (χ0) is 33.5. The number of nitrogens with two attached hydrogens (primary N) is 1. The number of nitrogens with one attached hydrogen (secondary N) is 1. The normalized spacial score (nSPS) is 25.0. The molecule has 5 heterocycles. The molecule has 0 saturated heterocycles. The summed E-state index contributed by atoms with van der Waals surface area (Å²) in [4.78, 5) is 0. The minimum atomic E-state index is -0.584. The summed E-state index contributed by atoms with van der Waals surface area (Å²) in [7, 11) is 0. The maximum atomic E-state index is 11.6. The van der Waals surface area contributed by atoms with Crippen LogP contribution in [0.25, 0.3) is 22.7 Å². The third-order valence-corrected chi connectivity index (χ3v) is 10.4. The quantitative estimate of drug-likeness (QED) is 0.181. The number of aliphatic hydroxyl groups excluding tert-OH is 1. The minimum Gasteiger partial charge on any atom is -0.504 e. The van der Waals surface area contributed by atoms with Crippen LogP contribution < -0.4 is 15.8 Å². The molecule has 250 valence electrons. The highest BCUT2D eigenvalue weighted by Crippen LogP contribution is 2.40. The molecule has 7 nitrogen and oxygen atoms in total. The van der Waals surface area contributed by atoms with Gasteiger partial charge in [0, 0.05) is 58.1 Å². The number of ether oxygens (including phenoxy) is 2. The molecule has 4 aliphatic heterocycles. The molecule has 1 aromatic heterocycles. The number of rotatable bonds is 2. The molecule has 4 aromatic rings. The number of nitrogens with zero attached hydrogens (tertiary/aromatic N) is 1. The van der Waals surface area contributed by atoms with Crippen LogP contribution >= 0.6 is 0 Å². The second-order valence-electron chi connectivity index (χ2n) is 14.0. The van der Waals surface area contributed by atoms with E-state index >= 15 is 0 Å². The van der Waals surface area contributed by atoms with E-state index in [0.717, 1.165) is 70.1 Å². The van der Waals surface area contributed by atoms with Crippen molar-refractivity contribution < 1.29 is 19.7 Å². The Morgan fingerprint density at radius 2 is 1.90 bits per heavy atom. The average Bonchev–Trinajstić information content (AvgIpc) is 3.52. The minimum absolute atomic E-state index is 0.0713. The molecule has 3 aromatic carbocycles. The fourth-order valence-corrected chi connectivity index (χ4v) is 7.70. The highest BCUT2D eigenvalue weighted by molar-refractivity contribution is 5.88. The second-order valence-corrected chi connectivity index (χ2v) is 14.0. The van der Waals surface area contributed by atoms with E-state index < -0.39 is 12.3 Å². The van der Waals surface area contributed by atoms with Gasteiger partial charge in [-0.1, -0.05) is 73.4 Å². The van der Waals surface area contributed by atoms with Crippen LogP contribution in [0.2, 0.25) is 0 Å². The van der Waals surface area contributed by atoms with Crippen molar-refractivity contribution in [3.63, 3.8) is 0 Å². The number of hydrogen-bond acceptors (Lipinski definition) is 6. The van der Waals surface area contributed by atoms with E-state index in [4.69, 9.17) is 15.2 Å². The molecular weight excluding hydrogens is 610 g/mol. The average molecular weight is 654 g/mol. The van der Waals surface area contributed by atoms with Gasteiger partial charge in [-0.15, -0.1) is 0 Å². The summed E-state index contributed by atoms with van der Waals surface area (Å²) in [6, 6.07) is 18.6. The van der Waals surface area contributed by atoms with Gasteiger partial charge >= 0.3 is 0 Å². The fourth-order valence-electron chi connectivity index (χ4n) is 7.70. The van der Waals surface area contributed by atoms with Crippen molar-refractivity contribution in [2.24, 2.45) is 17.6 Å². The predicted molar refractivity (Wildman–Crippen MR) is 193 cm³/mol. The number of fused-ring (bicyclic) bond motifs is 2. The molecule has 5 atom stereocenters. The number of aromatic nitrogens is 1. The Balaban J connectivity index is 1.30. The van der Waals surface area contributed by atoms with Gasteiger partial charge in [-0.05, 0) is 72.6 Å². The maximum absolute atomic E-state index is 11.6. The van der Waals surface area contributed by atoms with E-state index in [-0.39, 0.29) is 30.3 Å². The van der Waals surface area contributed by atoms with Gasteiger partial charge in [0.05, 0.1) is 25.0 Å². The van der Waals surface area contributed by atoms with Crippen molar-refractivity contribution in [3.05, 3.63) is 118 Å². The Morgan fingerprint density at radius 1 is 1.02 bits per heavy atom. The zero-order valence-corrected chi connectivity index (χ0v) is 27.9. The van der Waals surface area contributed by atoms with Crippen LogP contribution in [0.4, 0.5) is 0 Å². The second kappa shape index (κ2) is 13.3. The lowest BCUT2D eigenvalue weighted by atomic mass is 9.83. The van der Waals surface area contributed by atoms with Gasteiger partial charge in [-0.25, -0.2) is 0 Å². The zero-order valence-electron chi connectivity index (χ0n) is 27.9. The van der Waals surface area contributed by atoms with E-state index in [0.29, 0.717) is 25.2 Å². The first kappa shape index (κ1) is 31.5. The first-order valence-corrected chi connectivity index (χ1v) is 17.5.